The molecule has 0 saturated heterocycles. The van der Waals surface area contributed by atoms with Crippen molar-refractivity contribution in [2.45, 2.75) is 0 Å². The Balaban J connectivity index is 2.64. The Labute approximate surface area is 99.7 Å². The zero-order valence-corrected chi connectivity index (χ0v) is 9.77. The quantitative estimate of drug-likeness (QED) is 0.823. The van der Waals surface area contributed by atoms with Crippen LogP contribution in [0, 0.1) is 9.39 Å². The first kappa shape index (κ1) is 10.3. The van der Waals surface area contributed by atoms with Crippen LogP contribution in [0.2, 0.25) is 0 Å². The maximum Gasteiger partial charge on any atom is 0.150 e. The lowest BCUT2D eigenvalue weighted by Crippen LogP contribution is -1.96. The zero-order chi connectivity index (χ0) is 10.8. The monoisotopic (exact) mass is 315 g/mol. The molecule has 0 bridgehead atoms. The third-order valence-corrected chi connectivity index (χ3v) is 2.77. The lowest BCUT2D eigenvalue weighted by Gasteiger charge is -2.05. The summed E-state index contributed by atoms with van der Waals surface area (Å²) in [6.07, 6.45) is 2.69. The van der Waals surface area contributed by atoms with Gasteiger partial charge in [-0.1, -0.05) is 0 Å². The predicted molar refractivity (Wildman–Crippen MR) is 64.6 cm³/mol. The van der Waals surface area contributed by atoms with Gasteiger partial charge in [0, 0.05) is 15.3 Å². The van der Waals surface area contributed by atoms with Crippen molar-refractivity contribution in [1.82, 2.24) is 9.97 Å². The molecule has 0 spiro atoms. The fraction of sp³-hybridized carbons (Fsp3) is 0. The lowest BCUT2D eigenvalue weighted by atomic mass is 10.2. The van der Waals surface area contributed by atoms with E-state index < -0.39 is 5.82 Å². The average molecular weight is 315 g/mol. The molecule has 0 aliphatic carbocycles. The molecule has 0 fully saturated rings. The molecule has 0 saturated carbocycles. The molecule has 2 N–H and O–H groups in total. The normalized spacial score (nSPS) is 10.3. The number of hydrogen-bond acceptors (Lipinski definition) is 3. The van der Waals surface area contributed by atoms with E-state index in [-0.39, 0.29) is 0 Å². The van der Waals surface area contributed by atoms with Gasteiger partial charge >= 0.3 is 0 Å². The van der Waals surface area contributed by atoms with Crippen LogP contribution >= 0.6 is 22.6 Å². The predicted octanol–water partition coefficient (Wildman–Crippen LogP) is 2.47. The van der Waals surface area contributed by atoms with Crippen LogP contribution in [0.15, 0.2) is 30.6 Å². The number of rotatable bonds is 1. The standard InChI is InChI=1S/C10H7FIN3/c11-7-5-14-4-3-6(7)10-8(12)1-2-9(13)15-10/h1-5H,(H2,13,15). The third-order valence-electron chi connectivity index (χ3n) is 1.90. The molecule has 0 aliphatic heterocycles. The van der Waals surface area contributed by atoms with Crippen molar-refractivity contribution in [2.75, 3.05) is 5.73 Å². The Morgan fingerprint density at radius 1 is 1.27 bits per heavy atom. The molecule has 2 aromatic heterocycles. The summed E-state index contributed by atoms with van der Waals surface area (Å²) in [5, 5.41) is 0. The fourth-order valence-electron chi connectivity index (χ4n) is 1.21. The van der Waals surface area contributed by atoms with E-state index in [0.717, 1.165) is 9.77 Å². The van der Waals surface area contributed by atoms with Crippen LogP contribution < -0.4 is 5.73 Å². The van der Waals surface area contributed by atoms with Crippen LogP contribution in [0.5, 0.6) is 0 Å². The molecule has 15 heavy (non-hydrogen) atoms. The largest absolute Gasteiger partial charge is 0.384 e. The minimum Gasteiger partial charge on any atom is -0.384 e. The van der Waals surface area contributed by atoms with Crippen molar-refractivity contribution in [3.63, 3.8) is 0 Å². The van der Waals surface area contributed by atoms with Gasteiger partial charge in [-0.2, -0.15) is 0 Å². The summed E-state index contributed by atoms with van der Waals surface area (Å²) in [6.45, 7) is 0. The summed E-state index contributed by atoms with van der Waals surface area (Å²) in [5.41, 5.74) is 6.53. The third kappa shape index (κ3) is 2.06. The van der Waals surface area contributed by atoms with Crippen LogP contribution in [-0.4, -0.2) is 9.97 Å². The fourth-order valence-corrected chi connectivity index (χ4v) is 1.80. The molecule has 0 amide bonds. The Hall–Kier alpha value is -1.24. The molecule has 0 aromatic carbocycles. The second-order valence-corrected chi connectivity index (χ2v) is 4.08. The summed E-state index contributed by atoms with van der Waals surface area (Å²) < 4.78 is 14.3. The number of nitrogens with two attached hydrogens (primary N) is 1. The molecule has 2 heterocycles. The number of halogens is 2. The van der Waals surface area contributed by atoms with Gasteiger partial charge in [-0.15, -0.1) is 0 Å². The van der Waals surface area contributed by atoms with E-state index in [2.05, 4.69) is 32.6 Å². The molecule has 2 aromatic rings. The Kier molecular flexibility index (Phi) is 2.81. The van der Waals surface area contributed by atoms with Gasteiger partial charge in [-0.05, 0) is 40.8 Å². The van der Waals surface area contributed by atoms with Crippen LogP contribution in [0.4, 0.5) is 10.2 Å². The number of pyridine rings is 2. The number of nitrogen functional groups attached to an aromatic ring is 1. The van der Waals surface area contributed by atoms with Crippen LogP contribution in [0.25, 0.3) is 11.3 Å². The summed E-state index contributed by atoms with van der Waals surface area (Å²) >= 11 is 2.09. The summed E-state index contributed by atoms with van der Waals surface area (Å²) in [7, 11) is 0. The van der Waals surface area contributed by atoms with Crippen molar-refractivity contribution in [2.24, 2.45) is 0 Å². The first-order valence-corrected chi connectivity index (χ1v) is 5.28. The Morgan fingerprint density at radius 3 is 2.80 bits per heavy atom. The minimum absolute atomic E-state index is 0.377. The maximum atomic E-state index is 13.4. The van der Waals surface area contributed by atoms with Gasteiger partial charge in [0.1, 0.15) is 5.82 Å². The van der Waals surface area contributed by atoms with Crippen molar-refractivity contribution < 1.29 is 4.39 Å². The molecule has 0 atom stereocenters. The number of anilines is 1. The molecule has 5 heteroatoms. The van der Waals surface area contributed by atoms with Gasteiger partial charge in [0.05, 0.1) is 11.9 Å². The van der Waals surface area contributed by atoms with Crippen molar-refractivity contribution in [3.05, 3.63) is 40.0 Å². The number of nitrogens with zero attached hydrogens (tertiary/aromatic N) is 2. The zero-order valence-electron chi connectivity index (χ0n) is 7.61. The van der Waals surface area contributed by atoms with E-state index in [1.807, 2.05) is 0 Å². The molecular weight excluding hydrogens is 308 g/mol. The van der Waals surface area contributed by atoms with E-state index in [0.29, 0.717) is 17.1 Å². The molecule has 0 aliphatic rings. The van der Waals surface area contributed by atoms with Gasteiger partial charge in [0.15, 0.2) is 5.82 Å². The summed E-state index contributed by atoms with van der Waals surface area (Å²) in [4.78, 5) is 7.79. The van der Waals surface area contributed by atoms with Gasteiger partial charge in [-0.3, -0.25) is 4.98 Å². The molecule has 0 radical (unpaired) electrons. The van der Waals surface area contributed by atoms with Crippen molar-refractivity contribution >= 4 is 28.4 Å². The second-order valence-electron chi connectivity index (χ2n) is 2.92. The minimum atomic E-state index is -0.395. The number of hydrogen-bond donors (Lipinski definition) is 1. The highest BCUT2D eigenvalue weighted by molar-refractivity contribution is 14.1. The van der Waals surface area contributed by atoms with Gasteiger partial charge in [-0.25, -0.2) is 9.37 Å². The average Bonchev–Trinajstić information content (AvgIpc) is 2.23. The highest BCUT2D eigenvalue weighted by Crippen LogP contribution is 2.25. The first-order valence-electron chi connectivity index (χ1n) is 4.20. The lowest BCUT2D eigenvalue weighted by molar-refractivity contribution is 0.624. The van der Waals surface area contributed by atoms with E-state index in [4.69, 9.17) is 5.73 Å². The second kappa shape index (κ2) is 4.09. The molecule has 76 valence electrons. The Bertz CT molecular complexity index is 502. The van der Waals surface area contributed by atoms with Gasteiger partial charge in [0.25, 0.3) is 0 Å². The number of aromatic nitrogens is 2. The highest BCUT2D eigenvalue weighted by atomic mass is 127. The first-order chi connectivity index (χ1) is 7.18. The summed E-state index contributed by atoms with van der Waals surface area (Å²) in [5.74, 6) is -0.0184. The van der Waals surface area contributed by atoms with Crippen LogP contribution in [0.3, 0.4) is 0 Å². The smallest absolute Gasteiger partial charge is 0.150 e. The van der Waals surface area contributed by atoms with Crippen LogP contribution in [-0.2, 0) is 0 Å². The van der Waals surface area contributed by atoms with E-state index in [9.17, 15) is 4.39 Å². The van der Waals surface area contributed by atoms with E-state index in [1.54, 1.807) is 18.2 Å². The Morgan fingerprint density at radius 2 is 2.07 bits per heavy atom. The van der Waals surface area contributed by atoms with E-state index >= 15 is 0 Å². The van der Waals surface area contributed by atoms with Crippen molar-refractivity contribution in [1.29, 1.82) is 0 Å². The van der Waals surface area contributed by atoms with Gasteiger partial charge in [0.2, 0.25) is 0 Å². The highest BCUT2D eigenvalue weighted by Gasteiger charge is 2.09. The van der Waals surface area contributed by atoms with Crippen molar-refractivity contribution in [3.8, 4) is 11.3 Å². The molecular formula is C10H7FIN3. The molecule has 2 rings (SSSR count). The SMILES string of the molecule is Nc1ccc(I)c(-c2ccncc2F)n1. The maximum absolute atomic E-state index is 13.4. The molecule has 0 unspecified atom stereocenters. The summed E-state index contributed by atoms with van der Waals surface area (Å²) in [6, 6.07) is 5.07. The van der Waals surface area contributed by atoms with Crippen LogP contribution in [0.1, 0.15) is 0 Å². The molecule has 3 nitrogen and oxygen atoms in total. The van der Waals surface area contributed by atoms with E-state index in [1.165, 1.54) is 6.20 Å². The van der Waals surface area contributed by atoms with Gasteiger partial charge < -0.3 is 5.73 Å². The topological polar surface area (TPSA) is 51.8 Å².